The summed E-state index contributed by atoms with van der Waals surface area (Å²) in [6.45, 7) is -0.0682. The fraction of sp³-hybridized carbons (Fsp3) is 0.588. The van der Waals surface area contributed by atoms with Gasteiger partial charge in [-0.15, -0.1) is 16.9 Å². The van der Waals surface area contributed by atoms with E-state index in [1.54, 1.807) is 23.7 Å². The van der Waals surface area contributed by atoms with Crippen LogP contribution in [0.2, 0.25) is 0 Å². The first-order chi connectivity index (χ1) is 14.6. The average Bonchev–Trinajstić information content (AvgIpc) is 2.71. The molecule has 4 heterocycles. The van der Waals surface area contributed by atoms with Crippen molar-refractivity contribution in [1.29, 1.82) is 0 Å². The molecule has 3 aliphatic heterocycles. The number of hydrogen-bond donors (Lipinski definition) is 2. The molecule has 2 fully saturated rings. The number of amides is 2. The first-order valence-electron chi connectivity index (χ1n) is 9.55. The number of hydroxylamine groups is 4. The molecule has 1 aromatic rings. The molecule has 4 rings (SSSR count). The molecule has 2 amide bonds. The van der Waals surface area contributed by atoms with Crippen LogP contribution in [0.25, 0.3) is 0 Å². The summed E-state index contributed by atoms with van der Waals surface area (Å²) in [6, 6.07) is 0. The number of hydrogen-bond acceptors (Lipinski definition) is 10. The van der Waals surface area contributed by atoms with Crippen molar-refractivity contribution >= 4 is 35.3 Å². The highest BCUT2D eigenvalue weighted by molar-refractivity contribution is 8.00. The summed E-state index contributed by atoms with van der Waals surface area (Å²) < 4.78 is 1.34. The Morgan fingerprint density at radius 3 is 2.71 bits per heavy atom. The van der Waals surface area contributed by atoms with E-state index < -0.39 is 22.2 Å². The Labute approximate surface area is 186 Å². The molecule has 3 N–H and O–H groups in total. The Bertz CT molecular complexity index is 928. The molecule has 0 bridgehead atoms. The second-order valence-corrected chi connectivity index (χ2v) is 9.49. The number of aromatic nitrogens is 3. The van der Waals surface area contributed by atoms with Gasteiger partial charge in [0.1, 0.15) is 0 Å². The number of quaternary nitrogens is 1. The molecule has 12 nitrogen and oxygen atoms in total. The van der Waals surface area contributed by atoms with E-state index in [2.05, 4.69) is 10.1 Å². The molecule has 0 aromatic carbocycles. The maximum Gasteiger partial charge on any atom is 0.336 e. The van der Waals surface area contributed by atoms with Crippen LogP contribution in [-0.2, 0) is 16.6 Å². The molecule has 2 atom stereocenters. The molecule has 0 saturated carbocycles. The molecule has 1 aromatic heterocycles. The number of aryl methyl sites for hydroxylation is 1. The van der Waals surface area contributed by atoms with Crippen molar-refractivity contribution in [2.24, 2.45) is 24.6 Å². The van der Waals surface area contributed by atoms with Gasteiger partial charge in [-0.1, -0.05) is 17.8 Å². The third-order valence-corrected chi connectivity index (χ3v) is 7.58. The van der Waals surface area contributed by atoms with Crippen LogP contribution in [0.4, 0.5) is 0 Å². The second kappa shape index (κ2) is 9.56. The molecule has 3 aliphatic rings. The summed E-state index contributed by atoms with van der Waals surface area (Å²) >= 11 is 3.04. The Morgan fingerprint density at radius 1 is 1.39 bits per heavy atom. The lowest BCUT2D eigenvalue weighted by molar-refractivity contribution is -0.836. The van der Waals surface area contributed by atoms with Crippen molar-refractivity contribution in [3.8, 4) is 5.88 Å². The number of thioether (sulfide) groups is 2. The van der Waals surface area contributed by atoms with Gasteiger partial charge in [0.2, 0.25) is 11.8 Å². The molecule has 14 heteroatoms. The van der Waals surface area contributed by atoms with Crippen LogP contribution in [0.5, 0.6) is 5.88 Å². The fourth-order valence-electron chi connectivity index (χ4n) is 3.34. The minimum Gasteiger partial charge on any atom is -0.632 e. The lowest BCUT2D eigenvalue weighted by atomic mass is 9.97. The molecule has 0 spiro atoms. The van der Waals surface area contributed by atoms with Crippen molar-refractivity contribution in [3.05, 3.63) is 33.0 Å². The number of nitrogens with two attached hydrogens (primary N) is 1. The zero-order chi connectivity index (χ0) is 22.8. The number of nitrogens with zero attached hydrogens (tertiary/aromatic N) is 5. The summed E-state index contributed by atoms with van der Waals surface area (Å²) in [5, 5.41) is 34.9. The topological polar surface area (TPSA) is 178 Å². The van der Waals surface area contributed by atoms with Crippen molar-refractivity contribution in [2.75, 3.05) is 24.6 Å². The minimum atomic E-state index is -1.47. The third kappa shape index (κ3) is 5.57. The fourth-order valence-corrected chi connectivity index (χ4v) is 5.67. The van der Waals surface area contributed by atoms with E-state index in [9.17, 15) is 24.8 Å². The van der Waals surface area contributed by atoms with Gasteiger partial charge in [-0.25, -0.2) is 4.68 Å². The highest BCUT2D eigenvalue weighted by atomic mass is 32.2. The highest BCUT2D eigenvalue weighted by Crippen LogP contribution is 2.40. The smallest absolute Gasteiger partial charge is 0.336 e. The number of carbonyl (C=O) groups is 2. The summed E-state index contributed by atoms with van der Waals surface area (Å²) in [6.07, 6.45) is 4.48. The van der Waals surface area contributed by atoms with Crippen molar-refractivity contribution in [1.82, 2.24) is 19.7 Å². The van der Waals surface area contributed by atoms with Crippen molar-refractivity contribution < 1.29 is 19.5 Å². The van der Waals surface area contributed by atoms with Crippen molar-refractivity contribution in [2.45, 2.75) is 23.4 Å². The maximum absolute atomic E-state index is 11.9. The summed E-state index contributed by atoms with van der Waals surface area (Å²) in [4.78, 5) is 37.8. The molecule has 170 valence electrons. The van der Waals surface area contributed by atoms with E-state index in [1.807, 2.05) is 12.3 Å². The first-order valence-corrected chi connectivity index (χ1v) is 11.6. The molecule has 0 aliphatic carbocycles. The van der Waals surface area contributed by atoms with Crippen LogP contribution in [0.15, 0.2) is 22.2 Å². The maximum atomic E-state index is 11.9. The number of primary amides is 1. The number of β-lactam (4-membered cyclic amide) rings is 1. The number of carbonyl (C=O) groups excluding carboxylic acids is 2. The predicted molar refractivity (Wildman–Crippen MR) is 114 cm³/mol. The van der Waals surface area contributed by atoms with Crippen LogP contribution < -0.4 is 11.3 Å². The van der Waals surface area contributed by atoms with Gasteiger partial charge < -0.3 is 31.0 Å². The zero-order valence-electron chi connectivity index (χ0n) is 16.7. The summed E-state index contributed by atoms with van der Waals surface area (Å²) in [5.74, 6) is 0.216. The predicted octanol–water partition coefficient (Wildman–Crippen LogP) is -0.288. The molecule has 0 radical (unpaired) electrons. The highest BCUT2D eigenvalue weighted by Gasteiger charge is 2.47. The van der Waals surface area contributed by atoms with Gasteiger partial charge in [-0.2, -0.15) is 4.98 Å². The largest absolute Gasteiger partial charge is 0.632 e. The van der Waals surface area contributed by atoms with Crippen molar-refractivity contribution in [3.63, 3.8) is 0 Å². The van der Waals surface area contributed by atoms with Crippen LogP contribution in [-0.4, -0.2) is 71.4 Å². The monoisotopic (exact) mass is 471 g/mol. The van der Waals surface area contributed by atoms with Crippen LogP contribution in [0, 0.1) is 22.3 Å². The van der Waals surface area contributed by atoms with Crippen LogP contribution in [0.3, 0.4) is 0 Å². The average molecular weight is 472 g/mol. The van der Waals surface area contributed by atoms with Gasteiger partial charge in [-0.3, -0.25) is 14.4 Å². The summed E-state index contributed by atoms with van der Waals surface area (Å²) in [5.41, 5.74) is 4.26. The van der Waals surface area contributed by atoms with Gasteiger partial charge in [0.25, 0.3) is 5.88 Å². The molecule has 1 unspecified atom stereocenters. The minimum absolute atomic E-state index is 0.0341. The van der Waals surface area contributed by atoms with E-state index in [0.29, 0.717) is 23.8 Å². The van der Waals surface area contributed by atoms with Crippen LogP contribution in [0.1, 0.15) is 12.8 Å². The van der Waals surface area contributed by atoms with Gasteiger partial charge in [-0.05, 0) is 0 Å². The molecule has 2 saturated heterocycles. The lowest BCUT2D eigenvalue weighted by Crippen LogP contribution is -2.58. The van der Waals surface area contributed by atoms with Crippen LogP contribution >= 0.6 is 23.5 Å². The quantitative estimate of drug-likeness (QED) is 0.257. The standard InChI is InChI=1S/C11H12N4O3S2.C6H11N2O3/c1-14-11(12-7(16)8(17)13-14)20-5-6-9(18)15-3-2-4-19-10(6)15;7-6(9)5-1-3-8(10,11)4-2-5/h2-3,6,10H,4-5H2,1H3,(H,13,17);5H,1-4H2,(H2,7,9)/q;-1/t6?,10-;/m0./s1. The van der Waals surface area contributed by atoms with E-state index in [-0.39, 0.29) is 36.2 Å². The second-order valence-electron chi connectivity index (χ2n) is 7.36. The Morgan fingerprint density at radius 2 is 2.06 bits per heavy atom. The van der Waals surface area contributed by atoms with E-state index >= 15 is 0 Å². The SMILES string of the molecule is Cn1nc(O)c(=O)nc1SCC1C(=O)N2C=CCS[C@@H]12.NC(=O)C1CC[N+]([O-])([O-])CC1. The molecular formula is C17H23N6O6S2-. The Kier molecular flexibility index (Phi) is 7.26. The third-order valence-electron chi connectivity index (χ3n) is 5.16. The Hall–Kier alpha value is -2.13. The number of fused-ring (bicyclic) bond motifs is 1. The van der Waals surface area contributed by atoms with Gasteiger partial charge in [0.05, 0.1) is 24.4 Å². The Balaban J connectivity index is 0.000000210. The van der Waals surface area contributed by atoms with Gasteiger partial charge >= 0.3 is 5.56 Å². The molecular weight excluding hydrogens is 448 g/mol. The number of rotatable bonds is 4. The normalized spacial score (nSPS) is 24.6. The van der Waals surface area contributed by atoms with Gasteiger partial charge in [0, 0.05) is 43.5 Å². The van der Waals surface area contributed by atoms with Gasteiger partial charge in [0.15, 0.2) is 5.16 Å². The van der Waals surface area contributed by atoms with E-state index in [1.165, 1.54) is 16.4 Å². The van der Waals surface area contributed by atoms with E-state index in [4.69, 9.17) is 10.8 Å². The number of aromatic hydroxyl groups is 1. The van der Waals surface area contributed by atoms with E-state index in [0.717, 1.165) is 5.75 Å². The first kappa shape index (κ1) is 23.5. The zero-order valence-corrected chi connectivity index (χ0v) is 18.4. The molecule has 31 heavy (non-hydrogen) atoms. The number of piperidine rings is 1. The lowest BCUT2D eigenvalue weighted by Gasteiger charge is -2.50. The summed E-state index contributed by atoms with van der Waals surface area (Å²) in [7, 11) is 1.60.